The molecule has 4 nitrogen and oxygen atoms in total. The zero-order chi connectivity index (χ0) is 13.1. The lowest BCUT2D eigenvalue weighted by molar-refractivity contribution is 0.197. The number of rotatable bonds is 3. The van der Waals surface area contributed by atoms with Crippen LogP contribution in [-0.4, -0.2) is 47.2 Å². The van der Waals surface area contributed by atoms with E-state index in [9.17, 15) is 5.11 Å². The van der Waals surface area contributed by atoms with Crippen molar-refractivity contribution in [3.63, 3.8) is 0 Å². The van der Waals surface area contributed by atoms with Gasteiger partial charge in [-0.15, -0.1) is 0 Å². The van der Waals surface area contributed by atoms with Crippen LogP contribution in [-0.2, 0) is 0 Å². The summed E-state index contributed by atoms with van der Waals surface area (Å²) in [4.78, 5) is 9.22. The average Bonchev–Trinajstić information content (AvgIpc) is 2.38. The quantitative estimate of drug-likeness (QED) is 0.884. The lowest BCUT2D eigenvalue weighted by Gasteiger charge is -2.40. The molecule has 1 N–H and O–H groups in total. The first-order valence-corrected chi connectivity index (χ1v) is 6.74. The maximum atomic E-state index is 9.62. The van der Waals surface area contributed by atoms with E-state index in [2.05, 4.69) is 28.6 Å². The molecule has 2 heterocycles. The maximum Gasteiger partial charge on any atom is 0.128 e. The van der Waals surface area contributed by atoms with Gasteiger partial charge in [-0.2, -0.15) is 0 Å². The van der Waals surface area contributed by atoms with Crippen molar-refractivity contribution in [2.75, 3.05) is 31.1 Å². The number of aromatic nitrogens is 1. The Labute approximate surface area is 109 Å². The first kappa shape index (κ1) is 13.3. The van der Waals surface area contributed by atoms with Gasteiger partial charge in [0, 0.05) is 31.9 Å². The summed E-state index contributed by atoms with van der Waals surface area (Å²) in [7, 11) is 0. The molecule has 2 rings (SSSR count). The van der Waals surface area contributed by atoms with Gasteiger partial charge in [0.05, 0.1) is 6.10 Å². The van der Waals surface area contributed by atoms with E-state index in [1.807, 2.05) is 12.1 Å². The van der Waals surface area contributed by atoms with Crippen molar-refractivity contribution < 1.29 is 5.11 Å². The molecule has 0 amide bonds. The molecule has 1 aliphatic heterocycles. The van der Waals surface area contributed by atoms with Crippen LogP contribution in [0, 0.1) is 0 Å². The predicted molar refractivity (Wildman–Crippen MR) is 73.8 cm³/mol. The summed E-state index contributed by atoms with van der Waals surface area (Å²) in [6.45, 7) is 10.5. The molecule has 1 saturated heterocycles. The van der Waals surface area contributed by atoms with Crippen molar-refractivity contribution in [1.29, 1.82) is 0 Å². The van der Waals surface area contributed by atoms with Gasteiger partial charge in [0.2, 0.25) is 0 Å². The van der Waals surface area contributed by atoms with Gasteiger partial charge in [0.15, 0.2) is 0 Å². The normalized spacial score (nSPS) is 23.1. The van der Waals surface area contributed by atoms with Gasteiger partial charge in [0.1, 0.15) is 5.82 Å². The number of nitrogens with zero attached hydrogens (tertiary/aromatic N) is 3. The first-order chi connectivity index (χ1) is 8.61. The minimum Gasteiger partial charge on any atom is -0.389 e. The molecule has 0 spiro atoms. The second-order valence-electron chi connectivity index (χ2n) is 5.05. The van der Waals surface area contributed by atoms with E-state index in [0.717, 1.165) is 37.6 Å². The fraction of sp³-hybridized carbons (Fsp3) is 0.643. The zero-order valence-corrected chi connectivity index (χ0v) is 11.5. The number of hydrogen-bond acceptors (Lipinski definition) is 4. The molecule has 2 atom stereocenters. The van der Waals surface area contributed by atoms with E-state index < -0.39 is 6.10 Å². The van der Waals surface area contributed by atoms with Crippen LogP contribution in [0.1, 0.15) is 32.4 Å². The molecule has 0 bridgehead atoms. The Hall–Kier alpha value is -1.13. The summed E-state index contributed by atoms with van der Waals surface area (Å²) in [6.07, 6.45) is 1.36. The molecule has 1 aromatic rings. The lowest BCUT2D eigenvalue weighted by Crippen LogP contribution is -2.52. The highest BCUT2D eigenvalue weighted by Gasteiger charge is 2.23. The molecule has 0 saturated carbocycles. The summed E-state index contributed by atoms with van der Waals surface area (Å²) >= 11 is 0. The fourth-order valence-electron chi connectivity index (χ4n) is 2.54. The molecule has 0 radical (unpaired) electrons. The van der Waals surface area contributed by atoms with Crippen molar-refractivity contribution in [1.82, 2.24) is 9.88 Å². The summed E-state index contributed by atoms with van der Waals surface area (Å²) < 4.78 is 0. The van der Waals surface area contributed by atoms with Crippen LogP contribution in [0.15, 0.2) is 18.3 Å². The number of pyridine rings is 1. The van der Waals surface area contributed by atoms with Crippen LogP contribution in [0.25, 0.3) is 0 Å². The van der Waals surface area contributed by atoms with E-state index in [1.165, 1.54) is 0 Å². The number of aliphatic hydroxyl groups is 1. The van der Waals surface area contributed by atoms with Crippen molar-refractivity contribution in [2.45, 2.75) is 32.9 Å². The van der Waals surface area contributed by atoms with E-state index in [0.29, 0.717) is 6.04 Å². The van der Waals surface area contributed by atoms with Crippen LogP contribution in [0.4, 0.5) is 5.82 Å². The maximum absolute atomic E-state index is 9.62. The predicted octanol–water partition coefficient (Wildman–Crippen LogP) is 1.67. The number of piperazine rings is 1. The Morgan fingerprint density at radius 1 is 1.50 bits per heavy atom. The standard InChI is InChI=1S/C14H23N3O/c1-4-16-7-8-17(10-11(16)2)14-9-13(12(3)18)5-6-15-14/h5-6,9,11-12,18H,4,7-8,10H2,1-3H3. The van der Waals surface area contributed by atoms with Gasteiger partial charge >= 0.3 is 0 Å². The Morgan fingerprint density at radius 3 is 2.89 bits per heavy atom. The Morgan fingerprint density at radius 2 is 2.28 bits per heavy atom. The van der Waals surface area contributed by atoms with Gasteiger partial charge in [-0.25, -0.2) is 4.98 Å². The highest BCUT2D eigenvalue weighted by Crippen LogP contribution is 2.20. The molecule has 4 heteroatoms. The Kier molecular flexibility index (Phi) is 4.19. The number of anilines is 1. The molecule has 1 fully saturated rings. The minimum atomic E-state index is -0.430. The third-order valence-electron chi connectivity index (χ3n) is 3.75. The molecule has 2 unspecified atom stereocenters. The number of aliphatic hydroxyl groups excluding tert-OH is 1. The third-order valence-corrected chi connectivity index (χ3v) is 3.75. The monoisotopic (exact) mass is 249 g/mol. The summed E-state index contributed by atoms with van der Waals surface area (Å²) in [5, 5.41) is 9.62. The van der Waals surface area contributed by atoms with E-state index in [1.54, 1.807) is 13.1 Å². The van der Waals surface area contributed by atoms with Crippen LogP contribution >= 0.6 is 0 Å². The zero-order valence-electron chi connectivity index (χ0n) is 11.5. The molecular weight excluding hydrogens is 226 g/mol. The summed E-state index contributed by atoms with van der Waals surface area (Å²) in [5.74, 6) is 0.982. The first-order valence-electron chi connectivity index (χ1n) is 6.74. The van der Waals surface area contributed by atoms with Crippen LogP contribution in [0.5, 0.6) is 0 Å². The average molecular weight is 249 g/mol. The molecule has 1 aromatic heterocycles. The third kappa shape index (κ3) is 2.82. The second kappa shape index (κ2) is 5.67. The highest BCUT2D eigenvalue weighted by atomic mass is 16.3. The van der Waals surface area contributed by atoms with Gasteiger partial charge in [0.25, 0.3) is 0 Å². The van der Waals surface area contributed by atoms with E-state index in [4.69, 9.17) is 0 Å². The van der Waals surface area contributed by atoms with Gasteiger partial charge in [-0.05, 0) is 38.1 Å². The van der Waals surface area contributed by atoms with Crippen LogP contribution in [0.2, 0.25) is 0 Å². The van der Waals surface area contributed by atoms with Crippen molar-refractivity contribution in [3.05, 3.63) is 23.9 Å². The second-order valence-corrected chi connectivity index (χ2v) is 5.05. The Bertz CT molecular complexity index is 394. The molecule has 18 heavy (non-hydrogen) atoms. The molecular formula is C14H23N3O. The lowest BCUT2D eigenvalue weighted by atomic mass is 10.1. The topological polar surface area (TPSA) is 39.6 Å². The largest absolute Gasteiger partial charge is 0.389 e. The molecule has 0 aromatic carbocycles. The Balaban J connectivity index is 2.10. The molecule has 1 aliphatic rings. The van der Waals surface area contributed by atoms with E-state index >= 15 is 0 Å². The smallest absolute Gasteiger partial charge is 0.128 e. The SMILES string of the molecule is CCN1CCN(c2cc(C(C)O)ccn2)CC1C. The fourth-order valence-corrected chi connectivity index (χ4v) is 2.54. The van der Waals surface area contributed by atoms with Gasteiger partial charge < -0.3 is 10.0 Å². The van der Waals surface area contributed by atoms with E-state index in [-0.39, 0.29) is 0 Å². The highest BCUT2D eigenvalue weighted by molar-refractivity contribution is 5.42. The minimum absolute atomic E-state index is 0.430. The van der Waals surface area contributed by atoms with Crippen molar-refractivity contribution in [3.8, 4) is 0 Å². The molecule has 100 valence electrons. The van der Waals surface area contributed by atoms with Crippen molar-refractivity contribution in [2.24, 2.45) is 0 Å². The number of likely N-dealkylation sites (N-methyl/N-ethyl adjacent to an activating group) is 1. The summed E-state index contributed by atoms with van der Waals surface area (Å²) in [5.41, 5.74) is 0.936. The number of hydrogen-bond donors (Lipinski definition) is 1. The van der Waals surface area contributed by atoms with Crippen molar-refractivity contribution >= 4 is 5.82 Å². The van der Waals surface area contributed by atoms with Gasteiger partial charge in [-0.1, -0.05) is 6.92 Å². The summed E-state index contributed by atoms with van der Waals surface area (Å²) in [6, 6.07) is 4.43. The van der Waals surface area contributed by atoms with Crippen LogP contribution < -0.4 is 4.90 Å². The van der Waals surface area contributed by atoms with Gasteiger partial charge in [-0.3, -0.25) is 4.90 Å². The van der Waals surface area contributed by atoms with Crippen LogP contribution in [0.3, 0.4) is 0 Å². The molecule has 0 aliphatic carbocycles.